The number of rotatable bonds is 9. The molecule has 1 fully saturated rings. The minimum absolute atomic E-state index is 0.0416. The maximum Gasteiger partial charge on any atom is 0.272 e. The van der Waals surface area contributed by atoms with Crippen molar-refractivity contribution >= 4 is 69.4 Å². The minimum atomic E-state index is -0.612. The van der Waals surface area contributed by atoms with Crippen LogP contribution in [-0.2, 0) is 14.4 Å². The fraction of sp³-hybridized carbons (Fsp3) is 0.0789. The third-order valence-corrected chi connectivity index (χ3v) is 8.88. The first kappa shape index (κ1) is 31.2. The second-order valence-electron chi connectivity index (χ2n) is 10.9. The number of anilines is 2. The summed E-state index contributed by atoms with van der Waals surface area (Å²) in [7, 11) is 0. The summed E-state index contributed by atoms with van der Waals surface area (Å²) in [5.74, 6) is -1.66. The number of carbonyl (C=O) groups is 5. The van der Waals surface area contributed by atoms with E-state index >= 15 is 0 Å². The van der Waals surface area contributed by atoms with Gasteiger partial charge in [0.05, 0.1) is 10.9 Å². The first-order valence-electron chi connectivity index (χ1n) is 14.9. The molecule has 1 unspecified atom stereocenters. The second-order valence-corrected chi connectivity index (χ2v) is 12.2. The van der Waals surface area contributed by atoms with Crippen LogP contribution in [0, 0.1) is 0 Å². The molecule has 0 aromatic heterocycles. The van der Waals surface area contributed by atoms with Gasteiger partial charge < -0.3 is 10.6 Å². The number of nitrogens with one attached hydrogen (secondary N) is 2. The monoisotopic (exact) mass is 639 g/mol. The van der Waals surface area contributed by atoms with Crippen LogP contribution in [0.3, 0.4) is 0 Å². The molecule has 1 aliphatic heterocycles. The van der Waals surface area contributed by atoms with Crippen molar-refractivity contribution in [2.45, 2.75) is 23.5 Å². The lowest BCUT2D eigenvalue weighted by Gasteiger charge is -2.15. The van der Waals surface area contributed by atoms with Gasteiger partial charge >= 0.3 is 0 Å². The zero-order valence-corrected chi connectivity index (χ0v) is 26.1. The first-order chi connectivity index (χ1) is 22.8. The van der Waals surface area contributed by atoms with Crippen LogP contribution in [0.4, 0.5) is 11.4 Å². The molecule has 232 valence electrons. The minimum Gasteiger partial charge on any atom is -0.321 e. The van der Waals surface area contributed by atoms with E-state index in [1.54, 1.807) is 78.9 Å². The first-order valence-corrected chi connectivity index (χ1v) is 15.8. The van der Waals surface area contributed by atoms with Crippen molar-refractivity contribution in [2.24, 2.45) is 0 Å². The van der Waals surface area contributed by atoms with Crippen LogP contribution in [0.5, 0.6) is 0 Å². The molecule has 0 spiro atoms. The Morgan fingerprint density at radius 1 is 0.766 bits per heavy atom. The van der Waals surface area contributed by atoms with E-state index in [0.717, 1.165) is 26.1 Å². The van der Waals surface area contributed by atoms with Gasteiger partial charge in [-0.15, -0.1) is 11.8 Å². The summed E-state index contributed by atoms with van der Waals surface area (Å²) < 4.78 is 0. The summed E-state index contributed by atoms with van der Waals surface area (Å²) in [6.07, 6.45) is 1.70. The summed E-state index contributed by atoms with van der Waals surface area (Å²) in [5, 5.41) is 6.96. The van der Waals surface area contributed by atoms with Gasteiger partial charge in [-0.3, -0.25) is 24.0 Å². The quantitative estimate of drug-likeness (QED) is 0.103. The summed E-state index contributed by atoms with van der Waals surface area (Å²) in [4.78, 5) is 66.1. The number of hydrogen-bond acceptors (Lipinski definition) is 6. The van der Waals surface area contributed by atoms with Gasteiger partial charge in [0.15, 0.2) is 5.78 Å². The molecule has 1 saturated heterocycles. The van der Waals surface area contributed by atoms with Gasteiger partial charge in [-0.2, -0.15) is 0 Å². The zero-order valence-electron chi connectivity index (χ0n) is 25.3. The van der Waals surface area contributed by atoms with Crippen molar-refractivity contribution < 1.29 is 24.0 Å². The molecule has 0 aliphatic carbocycles. The molecule has 0 bridgehead atoms. The van der Waals surface area contributed by atoms with E-state index in [1.165, 1.54) is 18.7 Å². The Kier molecular flexibility index (Phi) is 9.08. The van der Waals surface area contributed by atoms with Gasteiger partial charge in [0.1, 0.15) is 5.70 Å². The Balaban J connectivity index is 1.17. The van der Waals surface area contributed by atoms with Crippen molar-refractivity contribution in [3.8, 4) is 0 Å². The van der Waals surface area contributed by atoms with Crippen molar-refractivity contribution in [3.05, 3.63) is 144 Å². The highest BCUT2D eigenvalue weighted by atomic mass is 32.2. The Bertz CT molecular complexity index is 2040. The van der Waals surface area contributed by atoms with Crippen LogP contribution < -0.4 is 15.5 Å². The topological polar surface area (TPSA) is 113 Å². The van der Waals surface area contributed by atoms with E-state index in [2.05, 4.69) is 10.6 Å². The molecule has 4 amide bonds. The molecular weight excluding hydrogens is 611 g/mol. The predicted octanol–water partition coefficient (Wildman–Crippen LogP) is 6.88. The van der Waals surface area contributed by atoms with Gasteiger partial charge in [-0.05, 0) is 90.0 Å². The maximum atomic E-state index is 13.6. The van der Waals surface area contributed by atoms with Crippen LogP contribution in [0.15, 0.2) is 132 Å². The van der Waals surface area contributed by atoms with Crippen molar-refractivity contribution in [1.82, 2.24) is 5.32 Å². The molecule has 5 aromatic rings. The van der Waals surface area contributed by atoms with Crippen molar-refractivity contribution in [1.29, 1.82) is 0 Å². The molecular formula is C38H29N3O5S. The van der Waals surface area contributed by atoms with E-state index in [1.807, 2.05) is 48.5 Å². The summed E-state index contributed by atoms with van der Waals surface area (Å²) in [6, 6.07) is 35.5. The Morgan fingerprint density at radius 3 is 2.17 bits per heavy atom. The molecule has 0 saturated carbocycles. The maximum absolute atomic E-state index is 13.6. The number of hydrogen-bond donors (Lipinski definition) is 2. The lowest BCUT2D eigenvalue weighted by molar-refractivity contribution is -0.121. The highest BCUT2D eigenvalue weighted by Gasteiger charge is 2.40. The van der Waals surface area contributed by atoms with Crippen molar-refractivity contribution in [3.63, 3.8) is 0 Å². The predicted molar refractivity (Wildman–Crippen MR) is 184 cm³/mol. The zero-order chi connectivity index (χ0) is 32.9. The number of benzene rings is 5. The standard InChI is InChI=1S/C38H29N3O5S/c1-24(42)25-14-18-30(19-15-25)41-35(43)23-34(38(41)46)47-31-20-16-29(17-21-31)39-37(45)33(40-36(44)27-9-3-2-4-10-27)22-28-12-7-11-26-8-5-6-13-32(26)28/h2-22,34H,23H2,1H3,(H,39,45)(H,40,44)/b33-22-. The summed E-state index contributed by atoms with van der Waals surface area (Å²) in [6.45, 7) is 1.45. The van der Waals surface area contributed by atoms with Crippen molar-refractivity contribution in [2.75, 3.05) is 10.2 Å². The molecule has 1 aliphatic rings. The van der Waals surface area contributed by atoms with E-state index in [0.29, 0.717) is 22.5 Å². The highest BCUT2D eigenvalue weighted by molar-refractivity contribution is 8.00. The highest BCUT2D eigenvalue weighted by Crippen LogP contribution is 2.34. The molecule has 5 aromatic carbocycles. The molecule has 2 N–H and O–H groups in total. The number of imide groups is 1. The number of fused-ring (bicyclic) bond motifs is 1. The number of Topliss-reactive ketones (excluding diaryl/α,β-unsaturated/α-hetero) is 1. The van der Waals surface area contributed by atoms with E-state index < -0.39 is 17.1 Å². The van der Waals surface area contributed by atoms with Crippen LogP contribution in [-0.4, -0.2) is 34.7 Å². The number of carbonyl (C=O) groups excluding carboxylic acids is 5. The largest absolute Gasteiger partial charge is 0.321 e. The Morgan fingerprint density at radius 2 is 1.45 bits per heavy atom. The number of nitrogens with zero attached hydrogens (tertiary/aromatic N) is 1. The molecule has 1 heterocycles. The van der Waals surface area contributed by atoms with E-state index in [4.69, 9.17) is 0 Å². The molecule has 9 heteroatoms. The van der Waals surface area contributed by atoms with Crippen LogP contribution >= 0.6 is 11.8 Å². The molecule has 1 atom stereocenters. The molecule has 47 heavy (non-hydrogen) atoms. The third kappa shape index (κ3) is 7.05. The van der Waals surface area contributed by atoms with Crippen LogP contribution in [0.2, 0.25) is 0 Å². The average Bonchev–Trinajstić information content (AvgIpc) is 3.37. The van der Waals surface area contributed by atoms with E-state index in [-0.39, 0.29) is 29.7 Å². The smallest absolute Gasteiger partial charge is 0.272 e. The SMILES string of the molecule is CC(=O)c1ccc(N2C(=O)CC(Sc3ccc(NC(=O)/C(=C/c4cccc5ccccc45)NC(=O)c4ccccc4)cc3)C2=O)cc1. The summed E-state index contributed by atoms with van der Waals surface area (Å²) >= 11 is 1.27. The molecule has 0 radical (unpaired) electrons. The van der Waals surface area contributed by atoms with Gasteiger partial charge in [-0.25, -0.2) is 4.90 Å². The Hall–Kier alpha value is -5.80. The van der Waals surface area contributed by atoms with Gasteiger partial charge in [0.25, 0.3) is 11.8 Å². The molecule has 6 rings (SSSR count). The van der Waals surface area contributed by atoms with Crippen LogP contribution in [0.1, 0.15) is 39.6 Å². The van der Waals surface area contributed by atoms with Gasteiger partial charge in [-0.1, -0.05) is 60.7 Å². The van der Waals surface area contributed by atoms with E-state index in [9.17, 15) is 24.0 Å². The molecule has 8 nitrogen and oxygen atoms in total. The summed E-state index contributed by atoms with van der Waals surface area (Å²) in [5.41, 5.74) is 2.67. The number of amides is 4. The fourth-order valence-corrected chi connectivity index (χ4v) is 6.32. The average molecular weight is 640 g/mol. The lowest BCUT2D eigenvalue weighted by Crippen LogP contribution is -2.31. The number of ketones is 1. The normalized spacial score (nSPS) is 14.7. The number of thioether (sulfide) groups is 1. The van der Waals surface area contributed by atoms with Gasteiger partial charge in [0, 0.05) is 28.1 Å². The third-order valence-electron chi connectivity index (χ3n) is 7.68. The second kappa shape index (κ2) is 13.7. The Labute approximate surface area is 275 Å². The van der Waals surface area contributed by atoms with Crippen LogP contribution in [0.25, 0.3) is 16.8 Å². The van der Waals surface area contributed by atoms with Gasteiger partial charge in [0.2, 0.25) is 11.8 Å². The lowest BCUT2D eigenvalue weighted by atomic mass is 10.0. The fourth-order valence-electron chi connectivity index (χ4n) is 5.27.